The monoisotopic (exact) mass is 461 g/mol. The number of amides is 1. The number of carbonyl (C=O) groups excluding carboxylic acids is 1. The molecule has 1 heterocycles. The van der Waals surface area contributed by atoms with Crippen LogP contribution in [0, 0.1) is 17.8 Å². The van der Waals surface area contributed by atoms with Gasteiger partial charge in [0.15, 0.2) is 0 Å². The van der Waals surface area contributed by atoms with Crippen molar-refractivity contribution in [1.29, 1.82) is 0 Å². The van der Waals surface area contributed by atoms with Gasteiger partial charge in [0, 0.05) is 13.0 Å². The minimum Gasteiger partial charge on any atom is -0.508 e. The number of carbonyl (C=O) groups is 1. The maximum atomic E-state index is 12.4. The van der Waals surface area contributed by atoms with Gasteiger partial charge in [-0.15, -0.1) is 0 Å². The third-order valence-corrected chi connectivity index (χ3v) is 8.95. The molecule has 0 bridgehead atoms. The fourth-order valence-electron chi connectivity index (χ4n) is 7.25. The van der Waals surface area contributed by atoms with Gasteiger partial charge in [-0.25, -0.2) is 0 Å². The van der Waals surface area contributed by atoms with Gasteiger partial charge in [0.2, 0.25) is 5.91 Å². The van der Waals surface area contributed by atoms with Crippen LogP contribution in [0.3, 0.4) is 0 Å². The van der Waals surface area contributed by atoms with E-state index < -0.39 is 0 Å². The lowest BCUT2D eigenvalue weighted by Gasteiger charge is -2.49. The first-order chi connectivity index (χ1) is 16.5. The number of ether oxygens (including phenoxy) is 1. The molecule has 1 saturated heterocycles. The predicted octanol–water partition coefficient (Wildman–Crippen LogP) is 5.90. The molecule has 1 aliphatic heterocycles. The number of aromatic hydroxyl groups is 1. The lowest BCUT2D eigenvalue weighted by atomic mass is 9.56. The molecule has 5 rings (SSSR count). The SMILES string of the molecule is CCc1cc2c(cc1O)CCC1C2CC[C@]2(C)OC[C@@H](CCCC(=O)NCc3ccccc3)C12. The van der Waals surface area contributed by atoms with Crippen LogP contribution in [0.2, 0.25) is 0 Å². The van der Waals surface area contributed by atoms with Gasteiger partial charge in [-0.3, -0.25) is 4.79 Å². The average molecular weight is 462 g/mol. The lowest BCUT2D eigenvalue weighted by molar-refractivity contribution is -0.121. The van der Waals surface area contributed by atoms with Gasteiger partial charge in [-0.2, -0.15) is 0 Å². The van der Waals surface area contributed by atoms with Crippen LogP contribution in [0.25, 0.3) is 0 Å². The topological polar surface area (TPSA) is 58.6 Å². The average Bonchev–Trinajstić information content (AvgIpc) is 3.19. The number of rotatable bonds is 7. The molecule has 0 aromatic heterocycles. The number of hydrogen-bond donors (Lipinski definition) is 2. The first-order valence-electron chi connectivity index (χ1n) is 13.3. The molecule has 0 spiro atoms. The number of fused-ring (bicyclic) bond motifs is 5. The zero-order valence-electron chi connectivity index (χ0n) is 20.7. The Labute approximate surface area is 204 Å². The summed E-state index contributed by atoms with van der Waals surface area (Å²) in [5.41, 5.74) is 5.03. The number of aryl methyl sites for hydroxylation is 2. The molecule has 2 aromatic rings. The van der Waals surface area contributed by atoms with Crippen LogP contribution in [0.5, 0.6) is 5.75 Å². The zero-order chi connectivity index (χ0) is 23.7. The normalized spacial score (nSPS) is 29.7. The summed E-state index contributed by atoms with van der Waals surface area (Å²) in [5, 5.41) is 13.5. The van der Waals surface area contributed by atoms with Crippen molar-refractivity contribution in [3.8, 4) is 5.75 Å². The molecule has 4 nitrogen and oxygen atoms in total. The smallest absolute Gasteiger partial charge is 0.220 e. The van der Waals surface area contributed by atoms with E-state index in [2.05, 4.69) is 25.2 Å². The van der Waals surface area contributed by atoms with Crippen molar-refractivity contribution in [1.82, 2.24) is 5.32 Å². The molecule has 0 radical (unpaired) electrons. The second-order valence-electron chi connectivity index (χ2n) is 10.9. The first kappa shape index (κ1) is 23.4. The quantitative estimate of drug-likeness (QED) is 0.539. The molecule has 182 valence electrons. The van der Waals surface area contributed by atoms with Crippen molar-refractivity contribution in [2.75, 3.05) is 6.61 Å². The standard InChI is InChI=1S/C30H39NO3/c1-3-21-16-26-22(17-27(21)32)12-13-25-24(26)14-15-30(2)29(25)23(19-34-30)10-7-11-28(33)31-18-20-8-5-4-6-9-20/h4-6,8-9,16-17,23-25,29,32H,3,7,10-15,18-19H2,1-2H3,(H,31,33)/t23-,24?,25?,29?,30+/m1/s1. The highest BCUT2D eigenvalue weighted by Gasteiger charge is 2.55. The number of phenols is 1. The molecular weight excluding hydrogens is 422 g/mol. The molecule has 2 aliphatic carbocycles. The number of benzene rings is 2. The van der Waals surface area contributed by atoms with E-state index in [9.17, 15) is 9.90 Å². The molecule has 2 N–H and O–H groups in total. The Kier molecular flexibility index (Phi) is 6.70. The summed E-state index contributed by atoms with van der Waals surface area (Å²) >= 11 is 0. The van der Waals surface area contributed by atoms with E-state index in [0.29, 0.717) is 42.4 Å². The third-order valence-electron chi connectivity index (χ3n) is 8.95. The fraction of sp³-hybridized carbons (Fsp3) is 0.567. The molecular formula is C30H39NO3. The van der Waals surface area contributed by atoms with E-state index in [0.717, 1.165) is 49.8 Å². The highest BCUT2D eigenvalue weighted by molar-refractivity contribution is 5.75. The van der Waals surface area contributed by atoms with Gasteiger partial charge in [0.05, 0.1) is 12.2 Å². The fourth-order valence-corrected chi connectivity index (χ4v) is 7.25. The van der Waals surface area contributed by atoms with E-state index in [-0.39, 0.29) is 11.5 Å². The molecule has 1 saturated carbocycles. The molecule has 2 aromatic carbocycles. The number of phenolic OH excluding ortho intramolecular Hbond substituents is 1. The largest absolute Gasteiger partial charge is 0.508 e. The lowest BCUT2D eigenvalue weighted by Crippen LogP contribution is -2.46. The van der Waals surface area contributed by atoms with Crippen LogP contribution < -0.4 is 5.32 Å². The predicted molar refractivity (Wildman–Crippen MR) is 135 cm³/mol. The summed E-state index contributed by atoms with van der Waals surface area (Å²) < 4.78 is 6.48. The van der Waals surface area contributed by atoms with Crippen LogP contribution >= 0.6 is 0 Å². The molecule has 2 fully saturated rings. The second kappa shape index (κ2) is 9.73. The summed E-state index contributed by atoms with van der Waals surface area (Å²) in [6.45, 7) is 5.89. The van der Waals surface area contributed by atoms with Crippen LogP contribution in [0.4, 0.5) is 0 Å². The molecule has 3 aliphatic rings. The maximum Gasteiger partial charge on any atom is 0.220 e. The molecule has 4 heteroatoms. The summed E-state index contributed by atoms with van der Waals surface area (Å²) in [7, 11) is 0. The van der Waals surface area contributed by atoms with Crippen LogP contribution in [-0.2, 0) is 28.9 Å². The van der Waals surface area contributed by atoms with Crippen LogP contribution in [0.15, 0.2) is 42.5 Å². The van der Waals surface area contributed by atoms with Gasteiger partial charge in [0.1, 0.15) is 5.75 Å². The van der Waals surface area contributed by atoms with Crippen molar-refractivity contribution >= 4 is 5.91 Å². The van der Waals surface area contributed by atoms with E-state index in [1.54, 1.807) is 0 Å². The van der Waals surface area contributed by atoms with E-state index in [1.807, 2.05) is 36.4 Å². The Morgan fingerprint density at radius 1 is 1.21 bits per heavy atom. The molecule has 5 atom stereocenters. The van der Waals surface area contributed by atoms with E-state index in [1.165, 1.54) is 24.0 Å². The minimum absolute atomic E-state index is 0.0244. The Morgan fingerprint density at radius 3 is 2.82 bits per heavy atom. The van der Waals surface area contributed by atoms with Crippen molar-refractivity contribution in [2.45, 2.75) is 83.3 Å². The van der Waals surface area contributed by atoms with Crippen molar-refractivity contribution < 1.29 is 14.6 Å². The van der Waals surface area contributed by atoms with Crippen LogP contribution in [-0.4, -0.2) is 23.2 Å². The molecule has 1 amide bonds. The van der Waals surface area contributed by atoms with E-state index >= 15 is 0 Å². The van der Waals surface area contributed by atoms with Gasteiger partial charge < -0.3 is 15.2 Å². The number of hydrogen-bond acceptors (Lipinski definition) is 3. The van der Waals surface area contributed by atoms with Crippen LogP contribution in [0.1, 0.15) is 80.5 Å². The summed E-state index contributed by atoms with van der Waals surface area (Å²) in [6, 6.07) is 14.4. The Hall–Kier alpha value is -2.33. The Balaban J connectivity index is 1.22. The minimum atomic E-state index is -0.0244. The molecule has 34 heavy (non-hydrogen) atoms. The summed E-state index contributed by atoms with van der Waals surface area (Å²) in [4.78, 5) is 12.4. The van der Waals surface area contributed by atoms with Gasteiger partial charge in [-0.05, 0) is 104 Å². The van der Waals surface area contributed by atoms with Gasteiger partial charge in [0.25, 0.3) is 0 Å². The highest BCUT2D eigenvalue weighted by Crippen LogP contribution is 2.58. The van der Waals surface area contributed by atoms with Crippen molar-refractivity contribution in [3.63, 3.8) is 0 Å². The second-order valence-corrected chi connectivity index (χ2v) is 10.9. The summed E-state index contributed by atoms with van der Waals surface area (Å²) in [5.74, 6) is 2.92. The van der Waals surface area contributed by atoms with Gasteiger partial charge >= 0.3 is 0 Å². The third kappa shape index (κ3) is 4.49. The maximum absolute atomic E-state index is 12.4. The first-order valence-corrected chi connectivity index (χ1v) is 13.3. The molecule has 3 unspecified atom stereocenters. The number of nitrogens with one attached hydrogen (secondary N) is 1. The van der Waals surface area contributed by atoms with E-state index in [4.69, 9.17) is 4.74 Å². The highest BCUT2D eigenvalue weighted by atomic mass is 16.5. The summed E-state index contributed by atoms with van der Waals surface area (Å²) in [6.07, 6.45) is 7.95. The van der Waals surface area contributed by atoms with Crippen molar-refractivity contribution in [3.05, 3.63) is 64.7 Å². The zero-order valence-corrected chi connectivity index (χ0v) is 20.7. The van der Waals surface area contributed by atoms with Crippen molar-refractivity contribution in [2.24, 2.45) is 17.8 Å². The Morgan fingerprint density at radius 2 is 2.03 bits per heavy atom. The van der Waals surface area contributed by atoms with Gasteiger partial charge in [-0.1, -0.05) is 43.3 Å². The Bertz CT molecular complexity index is 1020.